The Kier molecular flexibility index (Phi) is 3.55. The second-order valence-corrected chi connectivity index (χ2v) is 5.39. The maximum absolute atomic E-state index is 12.1. The lowest BCUT2D eigenvalue weighted by atomic mass is 10.1. The van der Waals surface area contributed by atoms with Crippen LogP contribution in [0.25, 0.3) is 10.8 Å². The number of nitrogens with zero attached hydrogens (tertiary/aromatic N) is 2. The highest BCUT2D eigenvalue weighted by Crippen LogP contribution is 2.20. The van der Waals surface area contributed by atoms with Gasteiger partial charge in [-0.05, 0) is 35.0 Å². The summed E-state index contributed by atoms with van der Waals surface area (Å²) in [5.41, 5.74) is 0.858. The molecular weight excluding hydrogens is 304 g/mol. The van der Waals surface area contributed by atoms with Crippen LogP contribution in [0.15, 0.2) is 70.1 Å². The normalized spacial score (nSPS) is 10.8. The van der Waals surface area contributed by atoms with E-state index in [9.17, 15) is 4.79 Å². The fourth-order valence-electron chi connectivity index (χ4n) is 2.51. The van der Waals surface area contributed by atoms with Crippen molar-refractivity contribution in [2.75, 3.05) is 5.32 Å². The summed E-state index contributed by atoms with van der Waals surface area (Å²) in [6, 6.07) is 17.5. The summed E-state index contributed by atoms with van der Waals surface area (Å²) in [6.45, 7) is 0. The minimum atomic E-state index is -0.287. The van der Waals surface area contributed by atoms with Gasteiger partial charge >= 0.3 is 0 Å². The number of nitrogens with one attached hydrogen (secondary N) is 2. The lowest BCUT2D eigenvalue weighted by Crippen LogP contribution is -2.18. The number of aromatic nitrogens is 3. The smallest absolute Gasteiger partial charge is 0.274 e. The molecule has 2 N–H and O–H groups in total. The van der Waals surface area contributed by atoms with Crippen molar-refractivity contribution < 1.29 is 4.42 Å². The number of furan rings is 1. The average molecular weight is 318 g/mol. The zero-order chi connectivity index (χ0) is 16.4. The van der Waals surface area contributed by atoms with Crippen LogP contribution in [0.4, 0.5) is 11.6 Å². The van der Waals surface area contributed by atoms with E-state index in [1.54, 1.807) is 18.4 Å². The number of anilines is 2. The molecule has 2 aromatic carbocycles. The Morgan fingerprint density at radius 1 is 1.00 bits per heavy atom. The van der Waals surface area contributed by atoms with E-state index in [2.05, 4.69) is 20.5 Å². The molecule has 6 nitrogen and oxygen atoms in total. The molecule has 4 aromatic rings. The van der Waals surface area contributed by atoms with Gasteiger partial charge in [0.05, 0.1) is 12.7 Å². The first-order valence-corrected chi connectivity index (χ1v) is 7.52. The van der Waals surface area contributed by atoms with Gasteiger partial charge in [0.2, 0.25) is 5.95 Å². The topological polar surface area (TPSA) is 83.8 Å². The standard InChI is InChI=1S/C18H14N4O2/c23-17-16(11-15-6-3-9-24-15)21-22-18(20-17)19-14-8-7-12-4-1-2-5-13(12)10-14/h1-10H,11H2,(H2,19,20,22,23). The van der Waals surface area contributed by atoms with E-state index < -0.39 is 0 Å². The molecule has 24 heavy (non-hydrogen) atoms. The van der Waals surface area contributed by atoms with Gasteiger partial charge in [-0.2, -0.15) is 0 Å². The molecule has 0 bridgehead atoms. The van der Waals surface area contributed by atoms with E-state index in [0.717, 1.165) is 16.5 Å². The van der Waals surface area contributed by atoms with E-state index in [-0.39, 0.29) is 5.56 Å². The Morgan fingerprint density at radius 3 is 2.67 bits per heavy atom. The molecule has 0 unspecified atom stereocenters. The highest BCUT2D eigenvalue weighted by Gasteiger charge is 2.08. The van der Waals surface area contributed by atoms with Crippen LogP contribution in [0.2, 0.25) is 0 Å². The number of fused-ring (bicyclic) bond motifs is 1. The molecule has 118 valence electrons. The van der Waals surface area contributed by atoms with Crippen molar-refractivity contribution in [1.29, 1.82) is 0 Å². The maximum atomic E-state index is 12.1. The Bertz CT molecular complexity index is 1040. The first-order chi connectivity index (χ1) is 11.8. The minimum absolute atomic E-state index is 0.287. The summed E-state index contributed by atoms with van der Waals surface area (Å²) < 4.78 is 5.22. The first kappa shape index (κ1) is 14.2. The summed E-state index contributed by atoms with van der Waals surface area (Å²) in [5.74, 6) is 0.975. The van der Waals surface area contributed by atoms with Crippen LogP contribution in [0.1, 0.15) is 11.5 Å². The van der Waals surface area contributed by atoms with Gasteiger partial charge in [0.15, 0.2) is 0 Å². The van der Waals surface area contributed by atoms with Gasteiger partial charge < -0.3 is 9.73 Å². The molecule has 2 heterocycles. The fourth-order valence-corrected chi connectivity index (χ4v) is 2.51. The summed E-state index contributed by atoms with van der Waals surface area (Å²) in [5, 5.41) is 13.4. The number of hydrogen-bond donors (Lipinski definition) is 2. The third kappa shape index (κ3) is 2.89. The van der Waals surface area contributed by atoms with Crippen LogP contribution in [0.5, 0.6) is 0 Å². The summed E-state index contributed by atoms with van der Waals surface area (Å²) >= 11 is 0. The summed E-state index contributed by atoms with van der Waals surface area (Å²) in [6.07, 6.45) is 1.87. The van der Waals surface area contributed by atoms with E-state index in [1.165, 1.54) is 0 Å². The molecule has 0 aliphatic heterocycles. The van der Waals surface area contributed by atoms with Crippen LogP contribution >= 0.6 is 0 Å². The van der Waals surface area contributed by atoms with Crippen LogP contribution < -0.4 is 10.9 Å². The number of benzene rings is 2. The van der Waals surface area contributed by atoms with Crippen molar-refractivity contribution in [2.24, 2.45) is 0 Å². The van der Waals surface area contributed by atoms with Crippen molar-refractivity contribution in [1.82, 2.24) is 15.2 Å². The van der Waals surface area contributed by atoms with Crippen molar-refractivity contribution in [2.45, 2.75) is 6.42 Å². The molecule has 0 aliphatic carbocycles. The van der Waals surface area contributed by atoms with Gasteiger partial charge in [0, 0.05) is 5.69 Å². The van der Waals surface area contributed by atoms with Gasteiger partial charge in [-0.1, -0.05) is 30.3 Å². The van der Waals surface area contributed by atoms with Crippen LogP contribution in [0.3, 0.4) is 0 Å². The van der Waals surface area contributed by atoms with Gasteiger partial charge in [0.25, 0.3) is 5.56 Å². The quantitative estimate of drug-likeness (QED) is 0.603. The minimum Gasteiger partial charge on any atom is -0.469 e. The molecule has 0 atom stereocenters. The number of H-pyrrole nitrogens is 1. The molecule has 0 aliphatic rings. The molecule has 0 saturated carbocycles. The Hall–Kier alpha value is -3.41. The number of hydrogen-bond acceptors (Lipinski definition) is 5. The largest absolute Gasteiger partial charge is 0.469 e. The highest BCUT2D eigenvalue weighted by atomic mass is 16.3. The van der Waals surface area contributed by atoms with Gasteiger partial charge in [-0.3, -0.25) is 9.78 Å². The van der Waals surface area contributed by atoms with Crippen molar-refractivity contribution in [3.05, 3.63) is 82.7 Å². The number of rotatable bonds is 4. The third-order valence-corrected chi connectivity index (χ3v) is 3.70. The van der Waals surface area contributed by atoms with Crippen molar-refractivity contribution in [3.8, 4) is 0 Å². The second kappa shape index (κ2) is 6.00. The molecule has 6 heteroatoms. The van der Waals surface area contributed by atoms with Gasteiger partial charge in [-0.25, -0.2) is 0 Å². The maximum Gasteiger partial charge on any atom is 0.274 e. The Morgan fingerprint density at radius 2 is 1.88 bits per heavy atom. The van der Waals surface area contributed by atoms with Crippen LogP contribution in [0, 0.1) is 0 Å². The zero-order valence-electron chi connectivity index (χ0n) is 12.7. The molecule has 0 saturated heterocycles. The third-order valence-electron chi connectivity index (χ3n) is 3.70. The summed E-state index contributed by atoms with van der Waals surface area (Å²) in [7, 11) is 0. The lowest BCUT2D eigenvalue weighted by molar-refractivity contribution is 0.517. The monoisotopic (exact) mass is 318 g/mol. The lowest BCUT2D eigenvalue weighted by Gasteiger charge is -2.06. The van der Waals surface area contributed by atoms with Gasteiger partial charge in [0.1, 0.15) is 11.5 Å². The first-order valence-electron chi connectivity index (χ1n) is 7.52. The highest BCUT2D eigenvalue weighted by molar-refractivity contribution is 5.86. The van der Waals surface area contributed by atoms with Crippen LogP contribution in [-0.2, 0) is 6.42 Å². The van der Waals surface area contributed by atoms with E-state index >= 15 is 0 Å². The van der Waals surface area contributed by atoms with Crippen molar-refractivity contribution in [3.63, 3.8) is 0 Å². The van der Waals surface area contributed by atoms with Crippen LogP contribution in [-0.4, -0.2) is 15.2 Å². The molecule has 2 aromatic heterocycles. The SMILES string of the molecule is O=c1[nH]c(Nc2ccc3ccccc3c2)nnc1Cc1ccco1. The Labute approximate surface area is 137 Å². The Balaban J connectivity index is 1.57. The fraction of sp³-hybridized carbons (Fsp3) is 0.0556. The molecule has 0 radical (unpaired) electrons. The van der Waals surface area contributed by atoms with Crippen molar-refractivity contribution >= 4 is 22.4 Å². The number of aromatic amines is 1. The molecule has 0 amide bonds. The van der Waals surface area contributed by atoms with Gasteiger partial charge in [-0.15, -0.1) is 10.2 Å². The molecule has 0 fully saturated rings. The van der Waals surface area contributed by atoms with E-state index in [1.807, 2.05) is 42.5 Å². The molecule has 4 rings (SSSR count). The predicted octanol–water partition coefficient (Wildman–Crippen LogP) is 3.25. The summed E-state index contributed by atoms with van der Waals surface area (Å²) in [4.78, 5) is 14.8. The average Bonchev–Trinajstić information content (AvgIpc) is 3.10. The van der Waals surface area contributed by atoms with E-state index in [4.69, 9.17) is 4.42 Å². The molecular formula is C18H14N4O2. The second-order valence-electron chi connectivity index (χ2n) is 5.39. The van der Waals surface area contributed by atoms with E-state index in [0.29, 0.717) is 23.8 Å². The predicted molar refractivity (Wildman–Crippen MR) is 91.4 cm³/mol. The molecule has 0 spiro atoms. The zero-order valence-corrected chi connectivity index (χ0v) is 12.7.